The quantitative estimate of drug-likeness (QED) is 0.0188. The highest BCUT2D eigenvalue weighted by Gasteiger charge is 2.47. The highest BCUT2D eigenvalue weighted by Crippen LogP contribution is 2.26. The van der Waals surface area contributed by atoms with Gasteiger partial charge in [0.05, 0.1) is 26.4 Å². The Hall–Kier alpha value is -1.79. The Morgan fingerprint density at radius 2 is 1.00 bits per heavy atom. The van der Waals surface area contributed by atoms with Crippen LogP contribution in [-0.4, -0.2) is 142 Å². The molecule has 2 saturated heterocycles. The molecule has 0 aromatic rings. The first-order valence-corrected chi connectivity index (χ1v) is 25.1. The summed E-state index contributed by atoms with van der Waals surface area (Å²) in [6.07, 6.45) is 24.9. The van der Waals surface area contributed by atoms with Crippen LogP contribution in [-0.2, 0) is 33.2 Å². The summed E-state index contributed by atoms with van der Waals surface area (Å²) < 4.78 is 34.2. The topological polar surface area (TPSA) is 214 Å². The third kappa shape index (κ3) is 25.9. The van der Waals surface area contributed by atoms with Gasteiger partial charge in [0.1, 0.15) is 54.9 Å². The number of aliphatic hydroxyl groups is 7. The molecule has 0 spiro atoms. The van der Waals surface area contributed by atoms with Crippen molar-refractivity contribution < 1.29 is 69.0 Å². The number of unbranched alkanes of at least 4 members (excludes halogenated alkanes) is 19. The summed E-state index contributed by atoms with van der Waals surface area (Å²) in [5.74, 6) is -0.384. The molecule has 7 N–H and O–H groups in total. The molecule has 0 aromatic heterocycles. The summed E-state index contributed by atoms with van der Waals surface area (Å²) in [6.45, 7) is 3.58. The smallest absolute Gasteiger partial charge is 0.306 e. The van der Waals surface area contributed by atoms with E-state index in [0.29, 0.717) is 13.0 Å². The summed E-state index contributed by atoms with van der Waals surface area (Å²) in [5, 5.41) is 72.0. The zero-order chi connectivity index (χ0) is 46.6. The van der Waals surface area contributed by atoms with Crippen molar-refractivity contribution in [3.63, 3.8) is 0 Å². The maximum absolute atomic E-state index is 13.0. The molecule has 2 fully saturated rings. The van der Waals surface area contributed by atoms with Crippen LogP contribution in [0.3, 0.4) is 0 Å². The molecule has 0 aromatic carbocycles. The number of hydrogen-bond donors (Lipinski definition) is 7. The summed E-state index contributed by atoms with van der Waals surface area (Å²) in [4.78, 5) is 13.0. The maximum Gasteiger partial charge on any atom is 0.306 e. The van der Waals surface area contributed by atoms with E-state index >= 15 is 0 Å². The van der Waals surface area contributed by atoms with Crippen molar-refractivity contribution in [2.24, 2.45) is 0 Å². The van der Waals surface area contributed by atoms with Gasteiger partial charge in [0, 0.05) is 13.0 Å². The Labute approximate surface area is 385 Å². The normalized spacial score (nSPS) is 27.0. The molecule has 0 amide bonds. The number of hydrogen-bond acceptors (Lipinski definition) is 14. The van der Waals surface area contributed by atoms with E-state index in [4.69, 9.17) is 28.4 Å². The van der Waals surface area contributed by atoms with Gasteiger partial charge in [0.2, 0.25) is 0 Å². The predicted octanol–water partition coefficient (Wildman–Crippen LogP) is 7.02. The number of carbonyl (C=O) groups excluding carboxylic acids is 1. The molecule has 14 nitrogen and oxygen atoms in total. The largest absolute Gasteiger partial charge is 0.457 e. The summed E-state index contributed by atoms with van der Waals surface area (Å²) in [5.41, 5.74) is 0. The fourth-order valence-corrected chi connectivity index (χ4v) is 7.73. The standard InChI is InChI=1S/C50H90O14/c1-3-5-7-9-11-13-15-16-17-18-19-20-21-22-23-25-27-29-31-33-42(52)62-39(36-59-34-32-30-28-26-24-14-12-10-8-6-4-2)37-60-49-48(58)46(56)44(54)41(64-49)38-61-50-47(57)45(55)43(53)40(35-51)63-50/h8,10-11,13,16-17,39-41,43-51,53-58H,3-7,9,12,14-15,18-38H2,1-2H3/b10-8-,13-11-,17-16-. The molecule has 0 saturated carbocycles. The maximum atomic E-state index is 13.0. The molecule has 2 heterocycles. The SMILES string of the molecule is CCC/C=C\CCCCCCCCOCC(COC1OC(COC2OC(CO)C(O)C(O)C2O)C(O)C(O)C1O)OC(=O)CCCCCCCCCCC/C=C\C/C=C\CCCCC. The Kier molecular flexibility index (Phi) is 34.8. The summed E-state index contributed by atoms with van der Waals surface area (Å²) in [6, 6.07) is 0. The van der Waals surface area contributed by atoms with Crippen LogP contribution in [0.5, 0.6) is 0 Å². The van der Waals surface area contributed by atoms with Crippen LogP contribution in [0.4, 0.5) is 0 Å². The third-order valence-corrected chi connectivity index (χ3v) is 11.9. The van der Waals surface area contributed by atoms with Gasteiger partial charge in [-0.3, -0.25) is 4.79 Å². The van der Waals surface area contributed by atoms with Crippen molar-refractivity contribution in [2.75, 3.05) is 33.0 Å². The second-order valence-electron chi connectivity index (χ2n) is 17.6. The molecular weight excluding hydrogens is 825 g/mol. The summed E-state index contributed by atoms with van der Waals surface area (Å²) >= 11 is 0. The van der Waals surface area contributed by atoms with Crippen LogP contribution in [0.15, 0.2) is 36.5 Å². The third-order valence-electron chi connectivity index (χ3n) is 11.9. The average molecular weight is 915 g/mol. The van der Waals surface area contributed by atoms with E-state index in [0.717, 1.165) is 64.2 Å². The average Bonchev–Trinajstić information content (AvgIpc) is 3.29. The van der Waals surface area contributed by atoms with E-state index in [2.05, 4.69) is 50.3 Å². The van der Waals surface area contributed by atoms with Crippen molar-refractivity contribution in [1.82, 2.24) is 0 Å². The van der Waals surface area contributed by atoms with Crippen molar-refractivity contribution in [2.45, 2.75) is 242 Å². The molecule has 2 aliphatic rings. The molecule has 64 heavy (non-hydrogen) atoms. The molecule has 14 heteroatoms. The minimum Gasteiger partial charge on any atom is -0.457 e. The van der Waals surface area contributed by atoms with E-state index in [1.807, 2.05) is 0 Å². The van der Waals surface area contributed by atoms with Crippen molar-refractivity contribution in [3.05, 3.63) is 36.5 Å². The van der Waals surface area contributed by atoms with Crippen molar-refractivity contribution in [3.8, 4) is 0 Å². The molecule has 2 aliphatic heterocycles. The van der Waals surface area contributed by atoms with Crippen molar-refractivity contribution in [1.29, 1.82) is 0 Å². The van der Waals surface area contributed by atoms with Crippen LogP contribution >= 0.6 is 0 Å². The minimum atomic E-state index is -1.71. The molecule has 374 valence electrons. The van der Waals surface area contributed by atoms with Gasteiger partial charge in [0.25, 0.3) is 0 Å². The number of carbonyl (C=O) groups is 1. The van der Waals surface area contributed by atoms with Gasteiger partial charge < -0.3 is 64.2 Å². The van der Waals surface area contributed by atoms with Crippen LogP contribution in [0.1, 0.15) is 174 Å². The minimum absolute atomic E-state index is 0.0559. The van der Waals surface area contributed by atoms with Crippen LogP contribution in [0, 0.1) is 0 Å². The first kappa shape index (κ1) is 58.3. The first-order valence-electron chi connectivity index (χ1n) is 25.1. The van der Waals surface area contributed by atoms with Gasteiger partial charge in [-0.25, -0.2) is 0 Å². The van der Waals surface area contributed by atoms with Gasteiger partial charge in [-0.05, 0) is 64.2 Å². The molecule has 2 rings (SSSR count). The number of aliphatic hydroxyl groups excluding tert-OH is 7. The second kappa shape index (κ2) is 38.2. The second-order valence-corrected chi connectivity index (χ2v) is 17.6. The van der Waals surface area contributed by atoms with Gasteiger partial charge in [-0.1, -0.05) is 140 Å². The highest BCUT2D eigenvalue weighted by atomic mass is 16.7. The van der Waals surface area contributed by atoms with Gasteiger partial charge in [0.15, 0.2) is 12.6 Å². The van der Waals surface area contributed by atoms with Gasteiger partial charge in [-0.2, -0.15) is 0 Å². The monoisotopic (exact) mass is 915 g/mol. The fourth-order valence-electron chi connectivity index (χ4n) is 7.73. The Balaban J connectivity index is 1.76. The lowest BCUT2D eigenvalue weighted by atomic mass is 9.98. The van der Waals surface area contributed by atoms with E-state index in [-0.39, 0.29) is 25.6 Å². The number of rotatable bonds is 39. The molecule has 11 atom stereocenters. The highest BCUT2D eigenvalue weighted by molar-refractivity contribution is 5.69. The summed E-state index contributed by atoms with van der Waals surface area (Å²) in [7, 11) is 0. The Morgan fingerprint density at radius 3 is 1.58 bits per heavy atom. The fraction of sp³-hybridized carbons (Fsp3) is 0.860. The number of esters is 1. The van der Waals surface area contributed by atoms with Crippen LogP contribution < -0.4 is 0 Å². The van der Waals surface area contributed by atoms with E-state index in [1.54, 1.807) is 0 Å². The van der Waals surface area contributed by atoms with Gasteiger partial charge >= 0.3 is 5.97 Å². The lowest BCUT2D eigenvalue weighted by molar-refractivity contribution is -0.332. The molecule has 0 radical (unpaired) electrons. The zero-order valence-electron chi connectivity index (χ0n) is 39.5. The lowest BCUT2D eigenvalue weighted by Gasteiger charge is -2.42. The zero-order valence-corrected chi connectivity index (χ0v) is 39.5. The van der Waals surface area contributed by atoms with Crippen LogP contribution in [0.25, 0.3) is 0 Å². The molecule has 0 aliphatic carbocycles. The Bertz CT molecular complexity index is 1200. The van der Waals surface area contributed by atoms with E-state index in [9.17, 15) is 40.5 Å². The number of allylic oxidation sites excluding steroid dienone is 6. The van der Waals surface area contributed by atoms with E-state index < -0.39 is 80.7 Å². The molecular formula is C50H90O14. The molecule has 11 unspecified atom stereocenters. The van der Waals surface area contributed by atoms with Crippen LogP contribution in [0.2, 0.25) is 0 Å². The lowest BCUT2D eigenvalue weighted by Crippen LogP contribution is -2.61. The first-order chi connectivity index (χ1) is 31.1. The predicted molar refractivity (Wildman–Crippen MR) is 247 cm³/mol. The number of ether oxygens (including phenoxy) is 6. The van der Waals surface area contributed by atoms with Gasteiger partial charge in [-0.15, -0.1) is 0 Å². The molecule has 0 bridgehead atoms. The van der Waals surface area contributed by atoms with E-state index in [1.165, 1.54) is 83.5 Å². The Morgan fingerprint density at radius 1 is 0.516 bits per heavy atom. The van der Waals surface area contributed by atoms with Crippen molar-refractivity contribution >= 4 is 5.97 Å².